The van der Waals surface area contributed by atoms with E-state index in [0.717, 1.165) is 29.8 Å². The van der Waals surface area contributed by atoms with E-state index in [2.05, 4.69) is 10.2 Å². The molecule has 0 aromatic carbocycles. The van der Waals surface area contributed by atoms with Crippen LogP contribution >= 0.6 is 11.8 Å². The lowest BCUT2D eigenvalue weighted by Crippen LogP contribution is -2.07. The molecule has 2 heterocycles. The first-order valence-corrected chi connectivity index (χ1v) is 6.48. The molecule has 0 atom stereocenters. The molecule has 0 saturated heterocycles. The summed E-state index contributed by atoms with van der Waals surface area (Å²) in [7, 11) is 0. The third-order valence-corrected chi connectivity index (χ3v) is 3.28. The number of thioether (sulfide) groups is 1. The van der Waals surface area contributed by atoms with Crippen LogP contribution < -0.4 is 0 Å². The summed E-state index contributed by atoms with van der Waals surface area (Å²) in [5, 5.41) is 17.4. The van der Waals surface area contributed by atoms with Gasteiger partial charge in [-0.15, -0.1) is 10.2 Å². The molecule has 96 valence electrons. The van der Waals surface area contributed by atoms with Gasteiger partial charge in [0.05, 0.1) is 18.6 Å². The summed E-state index contributed by atoms with van der Waals surface area (Å²) in [6.07, 6.45) is 2.34. The molecule has 0 amide bonds. The second kappa shape index (κ2) is 5.72. The summed E-state index contributed by atoms with van der Waals surface area (Å²) >= 11 is 1.16. The lowest BCUT2D eigenvalue weighted by atomic mass is 10.4. The molecule has 0 spiro atoms. The Morgan fingerprint density at radius 1 is 1.56 bits per heavy atom. The van der Waals surface area contributed by atoms with Crippen molar-refractivity contribution >= 4 is 17.7 Å². The van der Waals surface area contributed by atoms with Gasteiger partial charge in [0.15, 0.2) is 5.16 Å². The Bertz CT molecular complexity index is 522. The Hall–Kier alpha value is -1.76. The minimum Gasteiger partial charge on any atom is -0.481 e. The first kappa shape index (κ1) is 12.7. The third kappa shape index (κ3) is 2.92. The van der Waals surface area contributed by atoms with Crippen LogP contribution in [-0.2, 0) is 17.8 Å². The Kier molecular flexibility index (Phi) is 4.03. The van der Waals surface area contributed by atoms with Crippen LogP contribution in [0.3, 0.4) is 0 Å². The fourth-order valence-electron chi connectivity index (χ4n) is 1.53. The molecule has 2 rings (SSSR count). The van der Waals surface area contributed by atoms with Gasteiger partial charge in [0, 0.05) is 6.42 Å². The number of carbonyl (C=O) groups is 1. The van der Waals surface area contributed by atoms with E-state index in [0.29, 0.717) is 11.7 Å². The molecule has 2 aromatic heterocycles. The number of hydrogen-bond acceptors (Lipinski definition) is 5. The van der Waals surface area contributed by atoms with Crippen molar-refractivity contribution in [2.24, 2.45) is 0 Å². The van der Waals surface area contributed by atoms with E-state index in [1.165, 1.54) is 0 Å². The average molecular weight is 267 g/mol. The number of rotatable bonds is 6. The van der Waals surface area contributed by atoms with Crippen LogP contribution in [0.2, 0.25) is 0 Å². The quantitative estimate of drug-likeness (QED) is 0.802. The summed E-state index contributed by atoms with van der Waals surface area (Å²) in [5.41, 5.74) is 0. The summed E-state index contributed by atoms with van der Waals surface area (Å²) in [6.45, 7) is 2.50. The van der Waals surface area contributed by atoms with E-state index in [4.69, 9.17) is 9.52 Å². The molecular formula is C11H13N3O3S. The van der Waals surface area contributed by atoms with Crippen molar-refractivity contribution in [2.45, 2.75) is 25.0 Å². The minimum absolute atomic E-state index is 0.0278. The number of aliphatic carboxylic acids is 1. The van der Waals surface area contributed by atoms with Gasteiger partial charge < -0.3 is 9.52 Å². The molecule has 18 heavy (non-hydrogen) atoms. The summed E-state index contributed by atoms with van der Waals surface area (Å²) in [5.74, 6) is 0.714. The molecule has 7 heteroatoms. The third-order valence-electron chi connectivity index (χ3n) is 2.33. The molecule has 0 aliphatic rings. The maximum Gasteiger partial charge on any atom is 0.313 e. The van der Waals surface area contributed by atoms with E-state index < -0.39 is 5.97 Å². The molecule has 0 aliphatic carbocycles. The average Bonchev–Trinajstić information content (AvgIpc) is 2.97. The number of hydrogen-bond donors (Lipinski definition) is 1. The number of aromatic nitrogens is 3. The summed E-state index contributed by atoms with van der Waals surface area (Å²) < 4.78 is 7.17. The normalized spacial score (nSPS) is 10.7. The highest BCUT2D eigenvalue weighted by atomic mass is 32.2. The van der Waals surface area contributed by atoms with Gasteiger partial charge in [-0.2, -0.15) is 0 Å². The first-order chi connectivity index (χ1) is 8.70. The van der Waals surface area contributed by atoms with E-state index >= 15 is 0 Å². The molecular weight excluding hydrogens is 254 g/mol. The first-order valence-electron chi connectivity index (χ1n) is 5.49. The van der Waals surface area contributed by atoms with Crippen molar-refractivity contribution in [3.8, 4) is 0 Å². The standard InChI is InChI=1S/C11H13N3O3S/c1-2-9-12-13-11(18-7-10(15)16)14(9)6-8-4-3-5-17-8/h3-5H,2,6-7H2,1H3,(H,15,16). The van der Waals surface area contributed by atoms with Gasteiger partial charge in [0.1, 0.15) is 11.6 Å². The highest BCUT2D eigenvalue weighted by molar-refractivity contribution is 7.99. The van der Waals surface area contributed by atoms with Crippen molar-refractivity contribution in [1.29, 1.82) is 0 Å². The van der Waals surface area contributed by atoms with Gasteiger partial charge >= 0.3 is 5.97 Å². The van der Waals surface area contributed by atoms with Crippen LogP contribution in [0.1, 0.15) is 18.5 Å². The van der Waals surface area contributed by atoms with Crippen molar-refractivity contribution in [3.63, 3.8) is 0 Å². The van der Waals surface area contributed by atoms with E-state index in [9.17, 15) is 4.79 Å². The van der Waals surface area contributed by atoms with Gasteiger partial charge in [-0.25, -0.2) is 0 Å². The van der Waals surface area contributed by atoms with Gasteiger partial charge in [-0.3, -0.25) is 9.36 Å². The summed E-state index contributed by atoms with van der Waals surface area (Å²) in [4.78, 5) is 10.6. The van der Waals surface area contributed by atoms with Crippen molar-refractivity contribution in [2.75, 3.05) is 5.75 Å². The Morgan fingerprint density at radius 3 is 3.00 bits per heavy atom. The Labute approximate surface area is 108 Å². The van der Waals surface area contributed by atoms with Crippen molar-refractivity contribution < 1.29 is 14.3 Å². The SMILES string of the molecule is CCc1nnc(SCC(=O)O)n1Cc1ccco1. The molecule has 0 aliphatic heterocycles. The van der Waals surface area contributed by atoms with Crippen molar-refractivity contribution in [1.82, 2.24) is 14.8 Å². The highest BCUT2D eigenvalue weighted by Crippen LogP contribution is 2.19. The molecule has 6 nitrogen and oxygen atoms in total. The molecule has 0 saturated carbocycles. The van der Waals surface area contributed by atoms with Gasteiger partial charge in [0.2, 0.25) is 0 Å². The number of furan rings is 1. The second-order valence-electron chi connectivity index (χ2n) is 3.60. The van der Waals surface area contributed by atoms with Crippen LogP contribution in [0.4, 0.5) is 0 Å². The van der Waals surface area contributed by atoms with Gasteiger partial charge in [-0.05, 0) is 12.1 Å². The molecule has 0 radical (unpaired) electrons. The van der Waals surface area contributed by atoms with Gasteiger partial charge in [0.25, 0.3) is 0 Å². The second-order valence-corrected chi connectivity index (χ2v) is 4.54. The summed E-state index contributed by atoms with van der Waals surface area (Å²) in [6, 6.07) is 3.68. The van der Waals surface area contributed by atoms with Crippen LogP contribution in [0.25, 0.3) is 0 Å². The van der Waals surface area contributed by atoms with E-state index in [1.807, 2.05) is 23.6 Å². The van der Waals surface area contributed by atoms with Crippen LogP contribution in [0, 0.1) is 0 Å². The number of carboxylic acid groups (broad SMARTS) is 1. The predicted octanol–water partition coefficient (Wildman–Crippen LogP) is 1.66. The number of nitrogens with zero attached hydrogens (tertiary/aromatic N) is 3. The Balaban J connectivity index is 2.19. The maximum absolute atomic E-state index is 10.6. The smallest absolute Gasteiger partial charge is 0.313 e. The van der Waals surface area contributed by atoms with Crippen LogP contribution in [0.15, 0.2) is 28.0 Å². The zero-order chi connectivity index (χ0) is 13.0. The zero-order valence-electron chi connectivity index (χ0n) is 9.87. The Morgan fingerprint density at radius 2 is 2.39 bits per heavy atom. The topological polar surface area (TPSA) is 81.1 Å². The largest absolute Gasteiger partial charge is 0.481 e. The minimum atomic E-state index is -0.870. The maximum atomic E-state index is 10.6. The van der Waals surface area contributed by atoms with Crippen LogP contribution in [-0.4, -0.2) is 31.6 Å². The zero-order valence-corrected chi connectivity index (χ0v) is 10.7. The van der Waals surface area contributed by atoms with E-state index in [1.54, 1.807) is 6.26 Å². The lowest BCUT2D eigenvalue weighted by molar-refractivity contribution is -0.133. The highest BCUT2D eigenvalue weighted by Gasteiger charge is 2.13. The van der Waals surface area contributed by atoms with Crippen molar-refractivity contribution in [3.05, 3.63) is 30.0 Å². The fourth-order valence-corrected chi connectivity index (χ4v) is 2.21. The van der Waals surface area contributed by atoms with E-state index in [-0.39, 0.29) is 5.75 Å². The molecule has 2 aromatic rings. The van der Waals surface area contributed by atoms with Gasteiger partial charge in [-0.1, -0.05) is 18.7 Å². The molecule has 1 N–H and O–H groups in total. The lowest BCUT2D eigenvalue weighted by Gasteiger charge is -2.06. The molecule has 0 fully saturated rings. The number of carboxylic acids is 1. The monoisotopic (exact) mass is 267 g/mol. The molecule has 0 unspecified atom stereocenters. The van der Waals surface area contributed by atoms with Crippen LogP contribution in [0.5, 0.6) is 0 Å². The number of aryl methyl sites for hydroxylation is 1. The fraction of sp³-hybridized carbons (Fsp3) is 0.364. The predicted molar refractivity (Wildman–Crippen MR) is 65.6 cm³/mol. The molecule has 0 bridgehead atoms.